The van der Waals surface area contributed by atoms with E-state index in [9.17, 15) is 9.18 Å². The molecule has 0 saturated heterocycles. The number of carbonyl (C=O) groups excluding carboxylic acids is 1. The van der Waals surface area contributed by atoms with Gasteiger partial charge in [0.05, 0.1) is 18.3 Å². The third kappa shape index (κ3) is 4.95. The molecule has 1 aromatic rings. The van der Waals surface area contributed by atoms with Crippen LogP contribution in [-0.4, -0.2) is 31.2 Å². The fourth-order valence-electron chi connectivity index (χ4n) is 2.41. The van der Waals surface area contributed by atoms with Gasteiger partial charge in [-0.15, -0.1) is 0 Å². The van der Waals surface area contributed by atoms with Crippen LogP contribution in [0.25, 0.3) is 0 Å². The van der Waals surface area contributed by atoms with Crippen LogP contribution < -0.4 is 11.1 Å². The van der Waals surface area contributed by atoms with Crippen LogP contribution in [0.15, 0.2) is 18.2 Å². The van der Waals surface area contributed by atoms with Gasteiger partial charge in [0, 0.05) is 17.6 Å². The molecule has 1 aromatic carbocycles. The lowest BCUT2D eigenvalue weighted by atomic mass is 9.94. The first kappa shape index (κ1) is 16.2. The fourth-order valence-corrected chi connectivity index (χ4v) is 2.57. The molecule has 1 fully saturated rings. The van der Waals surface area contributed by atoms with Crippen LogP contribution in [0.2, 0.25) is 5.02 Å². The summed E-state index contributed by atoms with van der Waals surface area (Å²) >= 11 is 5.64. The molecule has 0 unspecified atom stereocenters. The molecule has 1 saturated carbocycles. The van der Waals surface area contributed by atoms with Crippen LogP contribution in [0.1, 0.15) is 36.0 Å². The highest BCUT2D eigenvalue weighted by Crippen LogP contribution is 2.19. The van der Waals surface area contributed by atoms with Gasteiger partial charge in [0.1, 0.15) is 5.82 Å². The Labute approximate surface area is 128 Å². The van der Waals surface area contributed by atoms with Crippen molar-refractivity contribution in [2.75, 3.05) is 13.2 Å². The molecular weight excluding hydrogens is 295 g/mol. The van der Waals surface area contributed by atoms with Gasteiger partial charge in [0.25, 0.3) is 5.91 Å². The van der Waals surface area contributed by atoms with Crippen molar-refractivity contribution >= 4 is 17.5 Å². The number of carbonyl (C=O) groups is 1. The molecule has 0 aliphatic heterocycles. The zero-order valence-electron chi connectivity index (χ0n) is 11.8. The van der Waals surface area contributed by atoms with Gasteiger partial charge in [-0.3, -0.25) is 4.79 Å². The quantitative estimate of drug-likeness (QED) is 0.821. The maximum absolute atomic E-state index is 13.5. The van der Waals surface area contributed by atoms with Gasteiger partial charge < -0.3 is 15.8 Å². The number of hydrogen-bond donors (Lipinski definition) is 2. The zero-order valence-corrected chi connectivity index (χ0v) is 12.5. The standard InChI is InChI=1S/C15H20ClFN2O2/c16-10-1-6-13(14(17)9-10)15(20)19-7-8-21-12-4-2-11(18)3-5-12/h1,6,9,11-12H,2-5,7-8,18H2,(H,19,20). The predicted octanol–water partition coefficient (Wildman–Crippen LogP) is 2.50. The molecule has 0 atom stereocenters. The number of rotatable bonds is 5. The van der Waals surface area contributed by atoms with E-state index in [0.717, 1.165) is 31.7 Å². The number of benzene rings is 1. The molecule has 0 spiro atoms. The van der Waals surface area contributed by atoms with Crippen LogP contribution >= 0.6 is 11.6 Å². The fraction of sp³-hybridized carbons (Fsp3) is 0.533. The topological polar surface area (TPSA) is 64.3 Å². The predicted molar refractivity (Wildman–Crippen MR) is 79.9 cm³/mol. The average molecular weight is 315 g/mol. The minimum Gasteiger partial charge on any atom is -0.376 e. The van der Waals surface area contributed by atoms with E-state index in [1.165, 1.54) is 12.1 Å². The van der Waals surface area contributed by atoms with E-state index in [1.807, 2.05) is 0 Å². The molecule has 0 bridgehead atoms. The number of halogens is 2. The lowest BCUT2D eigenvalue weighted by Gasteiger charge is -2.26. The second-order valence-electron chi connectivity index (χ2n) is 5.29. The smallest absolute Gasteiger partial charge is 0.254 e. The molecule has 116 valence electrons. The van der Waals surface area contributed by atoms with E-state index in [0.29, 0.717) is 13.2 Å². The maximum atomic E-state index is 13.5. The van der Waals surface area contributed by atoms with Crippen molar-refractivity contribution < 1.29 is 13.9 Å². The molecule has 0 aromatic heterocycles. The Morgan fingerprint density at radius 2 is 2.10 bits per heavy atom. The van der Waals surface area contributed by atoms with Crippen molar-refractivity contribution in [3.8, 4) is 0 Å². The van der Waals surface area contributed by atoms with Gasteiger partial charge >= 0.3 is 0 Å². The van der Waals surface area contributed by atoms with E-state index in [1.54, 1.807) is 0 Å². The molecule has 2 rings (SSSR count). The summed E-state index contributed by atoms with van der Waals surface area (Å²) in [5.41, 5.74) is 5.81. The van der Waals surface area contributed by atoms with Gasteiger partial charge in [0.15, 0.2) is 0 Å². The summed E-state index contributed by atoms with van der Waals surface area (Å²) in [6.07, 6.45) is 4.09. The number of amides is 1. The normalized spacial score (nSPS) is 22.0. The number of nitrogens with two attached hydrogens (primary N) is 1. The summed E-state index contributed by atoms with van der Waals surface area (Å²) in [6.45, 7) is 0.768. The maximum Gasteiger partial charge on any atom is 0.254 e. The highest BCUT2D eigenvalue weighted by Gasteiger charge is 2.18. The number of hydrogen-bond acceptors (Lipinski definition) is 3. The molecular formula is C15H20ClFN2O2. The average Bonchev–Trinajstić information content (AvgIpc) is 2.45. The Morgan fingerprint density at radius 1 is 1.38 bits per heavy atom. The second-order valence-corrected chi connectivity index (χ2v) is 5.72. The Kier molecular flexibility index (Phi) is 5.96. The van der Waals surface area contributed by atoms with Crippen LogP contribution in [0.3, 0.4) is 0 Å². The second kappa shape index (κ2) is 7.73. The summed E-state index contributed by atoms with van der Waals surface area (Å²) in [7, 11) is 0. The highest BCUT2D eigenvalue weighted by molar-refractivity contribution is 6.30. The van der Waals surface area contributed by atoms with Crippen molar-refractivity contribution in [2.24, 2.45) is 5.73 Å². The van der Waals surface area contributed by atoms with Gasteiger partial charge in [-0.1, -0.05) is 11.6 Å². The number of nitrogens with one attached hydrogen (secondary N) is 1. The molecule has 3 N–H and O–H groups in total. The van der Waals surface area contributed by atoms with Gasteiger partial charge in [0.2, 0.25) is 0 Å². The molecule has 4 nitrogen and oxygen atoms in total. The monoisotopic (exact) mass is 314 g/mol. The summed E-state index contributed by atoms with van der Waals surface area (Å²) in [5.74, 6) is -1.08. The molecule has 0 radical (unpaired) electrons. The van der Waals surface area contributed by atoms with E-state index in [4.69, 9.17) is 22.1 Å². The Balaban J connectivity index is 1.69. The third-order valence-corrected chi connectivity index (χ3v) is 3.87. The molecule has 1 aliphatic carbocycles. The van der Waals surface area contributed by atoms with E-state index in [2.05, 4.69) is 5.32 Å². The Bertz CT molecular complexity index is 491. The van der Waals surface area contributed by atoms with E-state index < -0.39 is 11.7 Å². The lowest BCUT2D eigenvalue weighted by molar-refractivity contribution is 0.0267. The van der Waals surface area contributed by atoms with Crippen molar-refractivity contribution in [2.45, 2.75) is 37.8 Å². The molecule has 1 amide bonds. The Morgan fingerprint density at radius 3 is 2.76 bits per heavy atom. The summed E-state index contributed by atoms with van der Waals surface area (Å²) in [6, 6.07) is 4.27. The van der Waals surface area contributed by atoms with Gasteiger partial charge in [-0.05, 0) is 43.9 Å². The van der Waals surface area contributed by atoms with Crippen LogP contribution in [0.5, 0.6) is 0 Å². The van der Waals surface area contributed by atoms with E-state index in [-0.39, 0.29) is 22.7 Å². The number of ether oxygens (including phenoxy) is 1. The first-order valence-electron chi connectivity index (χ1n) is 7.16. The van der Waals surface area contributed by atoms with Gasteiger partial charge in [-0.2, -0.15) is 0 Å². The molecule has 1 aliphatic rings. The minimum atomic E-state index is -0.623. The first-order chi connectivity index (χ1) is 10.1. The van der Waals surface area contributed by atoms with Crippen molar-refractivity contribution in [1.82, 2.24) is 5.32 Å². The SMILES string of the molecule is NC1CCC(OCCNC(=O)c2ccc(Cl)cc2F)CC1. The lowest BCUT2D eigenvalue weighted by Crippen LogP contribution is -2.33. The van der Waals surface area contributed by atoms with Crippen LogP contribution in [-0.2, 0) is 4.74 Å². The summed E-state index contributed by atoms with van der Waals surface area (Å²) in [5, 5.41) is 2.90. The highest BCUT2D eigenvalue weighted by atomic mass is 35.5. The van der Waals surface area contributed by atoms with Crippen molar-refractivity contribution in [1.29, 1.82) is 0 Å². The van der Waals surface area contributed by atoms with Crippen molar-refractivity contribution in [3.63, 3.8) is 0 Å². The Hall–Kier alpha value is -1.17. The zero-order chi connectivity index (χ0) is 15.2. The first-order valence-corrected chi connectivity index (χ1v) is 7.54. The largest absolute Gasteiger partial charge is 0.376 e. The molecule has 0 heterocycles. The summed E-state index contributed by atoms with van der Waals surface area (Å²) < 4.78 is 19.2. The van der Waals surface area contributed by atoms with Crippen molar-refractivity contribution in [3.05, 3.63) is 34.6 Å². The third-order valence-electron chi connectivity index (χ3n) is 3.64. The van der Waals surface area contributed by atoms with Crippen LogP contribution in [0, 0.1) is 5.82 Å². The summed E-state index contributed by atoms with van der Waals surface area (Å²) in [4.78, 5) is 11.8. The van der Waals surface area contributed by atoms with E-state index >= 15 is 0 Å². The van der Waals surface area contributed by atoms with Crippen LogP contribution in [0.4, 0.5) is 4.39 Å². The van der Waals surface area contributed by atoms with Gasteiger partial charge in [-0.25, -0.2) is 4.39 Å². The molecule has 6 heteroatoms. The molecule has 21 heavy (non-hydrogen) atoms. The minimum absolute atomic E-state index is 0.0111.